The van der Waals surface area contributed by atoms with E-state index in [2.05, 4.69) is 13.2 Å². The van der Waals surface area contributed by atoms with Crippen molar-refractivity contribution < 1.29 is 103 Å². The van der Waals surface area contributed by atoms with E-state index < -0.39 is 5.24 Å². The maximum atomic E-state index is 11.2. The van der Waals surface area contributed by atoms with E-state index in [4.69, 9.17) is 81.5 Å². The first kappa shape index (κ1) is 60.0. The van der Waals surface area contributed by atoms with Crippen LogP contribution in [0.2, 0.25) is 0 Å². The average molecular weight is 970 g/mol. The number of carbonyl (C=O) groups excluding carboxylic acids is 2. The third-order valence-corrected chi connectivity index (χ3v) is 9.06. The summed E-state index contributed by atoms with van der Waals surface area (Å²) in [6, 6.07) is 28.7. The van der Waals surface area contributed by atoms with Gasteiger partial charge >= 0.3 is 35.5 Å². The van der Waals surface area contributed by atoms with Crippen molar-refractivity contribution in [3.63, 3.8) is 0 Å². The van der Waals surface area contributed by atoms with Crippen LogP contribution in [0.5, 0.6) is 23.0 Å². The minimum Gasteiger partial charge on any atom is -0.870 e. The van der Waals surface area contributed by atoms with Crippen LogP contribution in [0.15, 0.2) is 121 Å². The normalized spacial score (nSPS) is 17.1. The van der Waals surface area contributed by atoms with Gasteiger partial charge in [0, 0.05) is 11.1 Å². The predicted molar refractivity (Wildman–Crippen MR) is 244 cm³/mol. The van der Waals surface area contributed by atoms with Gasteiger partial charge in [0.15, 0.2) is 0 Å². The average Bonchev–Trinajstić information content (AvgIpc) is 4.10. The molecule has 66 heavy (non-hydrogen) atoms. The molecule has 15 nitrogen and oxygen atoms in total. The molecule has 4 heterocycles. The number of hydrogen-bond acceptors (Lipinski definition) is 15. The number of aliphatic hydroxyl groups excluding tert-OH is 3. The van der Waals surface area contributed by atoms with Crippen LogP contribution in [-0.4, -0.2) is 114 Å². The number of aliphatic hydroxyl groups is 3. The van der Waals surface area contributed by atoms with Gasteiger partial charge in [0.2, 0.25) is 5.24 Å². The van der Waals surface area contributed by atoms with E-state index in [9.17, 15) is 9.59 Å². The molecule has 0 radical (unpaired) electrons. The van der Waals surface area contributed by atoms with Crippen molar-refractivity contribution in [1.82, 2.24) is 0 Å². The van der Waals surface area contributed by atoms with Crippen molar-refractivity contribution in [3.8, 4) is 23.0 Å². The number of benzene rings is 4. The molecule has 4 unspecified atom stereocenters. The second-order valence-electron chi connectivity index (χ2n) is 14.4. The molecule has 4 aliphatic heterocycles. The molecule has 0 bridgehead atoms. The Labute approximate surface area is 418 Å². The molecule has 0 amide bonds. The van der Waals surface area contributed by atoms with Crippen molar-refractivity contribution in [3.05, 3.63) is 144 Å². The Bertz CT molecular complexity index is 1880. The molecule has 356 valence electrons. The third-order valence-electron chi connectivity index (χ3n) is 8.40. The molecule has 4 fully saturated rings. The van der Waals surface area contributed by atoms with E-state index >= 15 is 0 Å². The number of hydrogen-bond donors (Lipinski definition) is 4. The fourth-order valence-corrected chi connectivity index (χ4v) is 4.33. The zero-order valence-electron chi connectivity index (χ0n) is 37.5. The number of epoxide rings is 4. The summed E-state index contributed by atoms with van der Waals surface area (Å²) in [5.74, 6) is 2.97. The number of rotatable bonds is 17. The first-order valence-electron chi connectivity index (χ1n) is 20.3. The first-order chi connectivity index (χ1) is 30.8. The largest absolute Gasteiger partial charge is 1.00 e. The van der Waals surface area contributed by atoms with E-state index in [1.807, 2.05) is 72.8 Å². The van der Waals surface area contributed by atoms with Crippen molar-refractivity contribution in [2.45, 2.75) is 64.7 Å². The number of esters is 1. The van der Waals surface area contributed by atoms with Crippen LogP contribution in [0.1, 0.15) is 36.1 Å². The van der Waals surface area contributed by atoms with Gasteiger partial charge in [0.1, 0.15) is 67.7 Å². The van der Waals surface area contributed by atoms with Crippen LogP contribution >= 0.6 is 23.2 Å². The summed E-state index contributed by atoms with van der Waals surface area (Å²) in [6.07, 6.45) is 1.23. The fourth-order valence-electron chi connectivity index (χ4n) is 4.15. The third kappa shape index (κ3) is 29.6. The summed E-state index contributed by atoms with van der Waals surface area (Å²) in [5, 5.41) is 34.4. The zero-order valence-corrected chi connectivity index (χ0v) is 41.0. The number of aromatic hydroxyl groups is 1. The molecule has 0 spiro atoms. The molecular weight excluding hydrogens is 910 g/mol. The SMILES string of the molecule is C=C(C)C(=O)Cl.C=C(C)C(=O)OCc1ccc(OCC2CO2)cc1.ClCC1CO1.OCc1ccc(O)cc1.OCc1ccc(OCC2CO2)cc1.OCc1ccc(OCC2CO2)cc1.[Na+].[OH-]. The molecule has 4 aromatic rings. The molecule has 4 saturated heterocycles. The maximum absolute atomic E-state index is 11.2. The Morgan fingerprint density at radius 2 is 0.864 bits per heavy atom. The topological polar surface area (TPSA) is 232 Å². The minimum atomic E-state index is -0.463. The van der Waals surface area contributed by atoms with Crippen LogP contribution in [0, 0.1) is 0 Å². The van der Waals surface area contributed by atoms with Gasteiger partial charge in [0.05, 0.1) is 58.2 Å². The van der Waals surface area contributed by atoms with Crippen LogP contribution < -0.4 is 43.8 Å². The van der Waals surface area contributed by atoms with Crippen LogP contribution in [0.25, 0.3) is 0 Å². The molecular formula is C48H59Cl2NaO15. The van der Waals surface area contributed by atoms with Crippen molar-refractivity contribution in [2.24, 2.45) is 0 Å². The number of alkyl halides is 1. The number of halogens is 2. The van der Waals surface area contributed by atoms with Gasteiger partial charge in [-0.05, 0) is 96.2 Å². The zero-order chi connectivity index (χ0) is 46.7. The smallest absolute Gasteiger partial charge is 0.870 e. The molecule has 4 atom stereocenters. The minimum absolute atomic E-state index is 0. The second-order valence-corrected chi connectivity index (χ2v) is 15.0. The number of allylic oxidation sites excluding steroid dienone is 1. The van der Waals surface area contributed by atoms with E-state index in [-0.39, 0.29) is 91.5 Å². The van der Waals surface area contributed by atoms with E-state index in [0.29, 0.717) is 43.0 Å². The Kier molecular flexibility index (Phi) is 31.1. The van der Waals surface area contributed by atoms with Gasteiger partial charge in [0.25, 0.3) is 0 Å². The standard InChI is InChI=1S/C14H16O4.2C10H12O3.C7H8O2.C4H5ClO.C3H5ClO.Na.H2O/c1-10(2)14(15)18-7-11-3-5-12(6-4-11)16-8-13-9-17-13;2*11-5-8-1-3-9(4-2-8)12-6-10-7-13-10;8-5-6-1-3-7(9)4-2-6;1-3(2)4(5)6;4-1-3-2-5-3;;/h3-6,13H,1,7-9H2,2H3;2*1-4,10-11H,5-7H2;1-4,8-9H,5H2;1H2,2H3;3H,1-2H2;;1H2/q;;;;;;+1;/p-1. The Hall–Kier alpha value is -4.04. The Balaban J connectivity index is 0.000000412. The van der Waals surface area contributed by atoms with Crippen molar-refractivity contribution in [1.29, 1.82) is 0 Å². The maximum Gasteiger partial charge on any atom is 1.00 e. The van der Waals surface area contributed by atoms with E-state index in [1.165, 1.54) is 0 Å². The summed E-state index contributed by atoms with van der Waals surface area (Å²) < 4.78 is 41.2. The van der Waals surface area contributed by atoms with Crippen molar-refractivity contribution >= 4 is 34.4 Å². The van der Waals surface area contributed by atoms with E-state index in [0.717, 1.165) is 65.9 Å². The van der Waals surface area contributed by atoms with Gasteiger partial charge in [-0.25, -0.2) is 4.79 Å². The molecule has 18 heteroatoms. The summed E-state index contributed by atoms with van der Waals surface area (Å²) in [6.45, 7) is 15.5. The summed E-state index contributed by atoms with van der Waals surface area (Å²) in [4.78, 5) is 21.0. The summed E-state index contributed by atoms with van der Waals surface area (Å²) in [5.41, 5.74) is 4.31. The van der Waals surface area contributed by atoms with Gasteiger partial charge in [-0.15, -0.1) is 11.6 Å². The quantitative estimate of drug-likeness (QED) is 0.0296. The molecule has 4 aliphatic rings. The van der Waals surface area contributed by atoms with Crippen LogP contribution in [-0.2, 0) is 59.7 Å². The molecule has 5 N–H and O–H groups in total. The van der Waals surface area contributed by atoms with Crippen LogP contribution in [0.3, 0.4) is 0 Å². The second kappa shape index (κ2) is 34.3. The Morgan fingerprint density at radius 3 is 1.09 bits per heavy atom. The Morgan fingerprint density at radius 1 is 0.576 bits per heavy atom. The molecule has 0 aromatic heterocycles. The molecule has 0 saturated carbocycles. The van der Waals surface area contributed by atoms with E-state index in [1.54, 1.807) is 38.1 Å². The van der Waals surface area contributed by atoms with Gasteiger partial charge in [-0.3, -0.25) is 4.79 Å². The molecule has 4 aromatic carbocycles. The van der Waals surface area contributed by atoms with Gasteiger partial charge in [-0.1, -0.05) is 61.7 Å². The van der Waals surface area contributed by atoms with Gasteiger partial charge in [-0.2, -0.15) is 0 Å². The van der Waals surface area contributed by atoms with Crippen LogP contribution in [0.4, 0.5) is 0 Å². The predicted octanol–water partition coefficient (Wildman–Crippen LogP) is 3.66. The number of carbonyl (C=O) groups is 2. The first-order valence-corrected chi connectivity index (χ1v) is 21.2. The van der Waals surface area contributed by atoms with Gasteiger partial charge < -0.3 is 63.8 Å². The summed E-state index contributed by atoms with van der Waals surface area (Å²) in [7, 11) is 0. The van der Waals surface area contributed by atoms with Crippen molar-refractivity contribution in [2.75, 3.05) is 52.1 Å². The number of ether oxygens (including phenoxy) is 8. The molecule has 0 aliphatic carbocycles. The monoisotopic (exact) mass is 968 g/mol. The summed E-state index contributed by atoms with van der Waals surface area (Å²) >= 11 is 10.1. The number of phenolic OH excluding ortho intramolecular Hbond substituents is 1. The molecule has 8 rings (SSSR count). The number of phenols is 1. The fraction of sp³-hybridized carbons (Fsp3) is 0.375.